The highest BCUT2D eigenvalue weighted by Crippen LogP contribution is 2.34. The second-order valence-corrected chi connectivity index (χ2v) is 9.80. The maximum atomic E-state index is 13.5. The highest BCUT2D eigenvalue weighted by Gasteiger charge is 2.32. The average molecular weight is 577 g/mol. The van der Waals surface area contributed by atoms with Crippen molar-refractivity contribution in [1.82, 2.24) is 9.97 Å². The third-order valence-corrected chi connectivity index (χ3v) is 6.80. The SMILES string of the molecule is Cc1ccc(NC(=O)c2cccc(C(F)(F)F)c2)cc1N1Cc2cnc(Nc3cccc(CCO)c3)nc2N(C)C1=O. The van der Waals surface area contributed by atoms with Crippen LogP contribution in [-0.2, 0) is 19.1 Å². The second kappa shape index (κ2) is 11.5. The summed E-state index contributed by atoms with van der Waals surface area (Å²) in [7, 11) is 1.60. The number of fused-ring (bicyclic) bond motifs is 1. The first kappa shape index (κ1) is 28.6. The second-order valence-electron chi connectivity index (χ2n) is 9.80. The largest absolute Gasteiger partial charge is 0.416 e. The van der Waals surface area contributed by atoms with E-state index in [9.17, 15) is 27.9 Å². The summed E-state index contributed by atoms with van der Waals surface area (Å²) < 4.78 is 39.3. The van der Waals surface area contributed by atoms with Gasteiger partial charge in [0.1, 0.15) is 5.82 Å². The number of benzene rings is 3. The van der Waals surface area contributed by atoms with E-state index in [1.54, 1.807) is 31.4 Å². The molecule has 1 aliphatic rings. The van der Waals surface area contributed by atoms with E-state index < -0.39 is 17.6 Å². The van der Waals surface area contributed by atoms with Crippen LogP contribution in [0.4, 0.5) is 46.8 Å². The molecule has 0 aliphatic carbocycles. The Hall–Kier alpha value is -4.97. The van der Waals surface area contributed by atoms with Crippen LogP contribution in [0.3, 0.4) is 0 Å². The van der Waals surface area contributed by atoms with Gasteiger partial charge in [0.05, 0.1) is 17.8 Å². The summed E-state index contributed by atoms with van der Waals surface area (Å²) in [5.41, 5.74) is 2.90. The number of carbonyl (C=O) groups excluding carboxylic acids is 2. The van der Waals surface area contributed by atoms with Crippen molar-refractivity contribution in [3.05, 3.63) is 101 Å². The lowest BCUT2D eigenvalue weighted by molar-refractivity contribution is -0.137. The van der Waals surface area contributed by atoms with E-state index in [0.29, 0.717) is 35.1 Å². The molecule has 0 atom stereocenters. The summed E-state index contributed by atoms with van der Waals surface area (Å²) in [5.74, 6) is 0.0315. The number of aromatic nitrogens is 2. The van der Waals surface area contributed by atoms with Gasteiger partial charge in [-0.1, -0.05) is 24.3 Å². The number of nitrogens with one attached hydrogen (secondary N) is 2. The zero-order valence-corrected chi connectivity index (χ0v) is 22.7. The van der Waals surface area contributed by atoms with Crippen molar-refractivity contribution in [3.63, 3.8) is 0 Å². The predicted octanol–water partition coefficient (Wildman–Crippen LogP) is 5.91. The number of nitrogens with zero attached hydrogens (tertiary/aromatic N) is 4. The molecular weight excluding hydrogens is 549 g/mol. The van der Waals surface area contributed by atoms with Gasteiger partial charge in [-0.05, 0) is 66.9 Å². The summed E-state index contributed by atoms with van der Waals surface area (Å²) in [6, 6.07) is 16.2. The fraction of sp³-hybridized carbons (Fsp3) is 0.200. The Balaban J connectivity index is 1.36. The molecule has 12 heteroatoms. The molecule has 5 rings (SSSR count). The van der Waals surface area contributed by atoms with Crippen LogP contribution in [0.1, 0.15) is 32.6 Å². The number of aliphatic hydroxyl groups excluding tert-OH is 1. The molecule has 0 saturated heterocycles. The molecule has 9 nitrogen and oxygen atoms in total. The molecule has 4 aromatic rings. The molecule has 1 aliphatic heterocycles. The number of alkyl halides is 3. The third kappa shape index (κ3) is 6.03. The maximum absolute atomic E-state index is 13.5. The number of carbonyl (C=O) groups is 2. The van der Waals surface area contributed by atoms with Crippen LogP contribution in [0.15, 0.2) is 72.9 Å². The van der Waals surface area contributed by atoms with Gasteiger partial charge in [-0.2, -0.15) is 18.2 Å². The smallest absolute Gasteiger partial charge is 0.396 e. The molecule has 0 bridgehead atoms. The van der Waals surface area contributed by atoms with Gasteiger partial charge >= 0.3 is 12.2 Å². The first-order valence-corrected chi connectivity index (χ1v) is 13.0. The number of aliphatic hydroxyl groups is 1. The van der Waals surface area contributed by atoms with E-state index in [-0.39, 0.29) is 24.7 Å². The monoisotopic (exact) mass is 576 g/mol. The van der Waals surface area contributed by atoms with Crippen LogP contribution in [0, 0.1) is 6.92 Å². The minimum atomic E-state index is -4.57. The van der Waals surface area contributed by atoms with Crippen molar-refractivity contribution < 1.29 is 27.9 Å². The fourth-order valence-electron chi connectivity index (χ4n) is 4.64. The van der Waals surface area contributed by atoms with Crippen molar-refractivity contribution in [2.24, 2.45) is 0 Å². The van der Waals surface area contributed by atoms with E-state index >= 15 is 0 Å². The fourth-order valence-corrected chi connectivity index (χ4v) is 4.64. The number of rotatable bonds is 7. The lowest BCUT2D eigenvalue weighted by atomic mass is 10.1. The molecule has 3 N–H and O–H groups in total. The van der Waals surface area contributed by atoms with Crippen molar-refractivity contribution in [1.29, 1.82) is 0 Å². The topological polar surface area (TPSA) is 111 Å². The Morgan fingerprint density at radius 2 is 1.83 bits per heavy atom. The summed E-state index contributed by atoms with van der Waals surface area (Å²) in [4.78, 5) is 38.1. The highest BCUT2D eigenvalue weighted by atomic mass is 19.4. The zero-order chi connectivity index (χ0) is 30.0. The molecular formula is C30H27F3N6O3. The number of hydrogen-bond donors (Lipinski definition) is 3. The van der Waals surface area contributed by atoms with Gasteiger partial charge < -0.3 is 15.7 Å². The zero-order valence-electron chi connectivity index (χ0n) is 22.7. The van der Waals surface area contributed by atoms with Crippen molar-refractivity contribution in [3.8, 4) is 0 Å². The standard InChI is InChI=1S/C30H27F3N6O3/c1-18-9-10-24(35-27(41)20-6-4-7-22(14-20)30(31,32)33)15-25(18)39-17-21-16-34-28(37-26(21)38(2)29(39)42)36-23-8-3-5-19(13-23)11-12-40/h3-10,13-16,40H,11-12,17H2,1-2H3,(H,35,41)(H,34,36,37). The van der Waals surface area contributed by atoms with E-state index in [1.807, 2.05) is 31.2 Å². The normalized spacial score (nSPS) is 13.1. The van der Waals surface area contributed by atoms with Crippen molar-refractivity contribution in [2.75, 3.05) is 34.1 Å². The molecule has 0 unspecified atom stereocenters. The van der Waals surface area contributed by atoms with Gasteiger partial charge in [-0.25, -0.2) is 9.78 Å². The Labute approximate surface area is 239 Å². The van der Waals surface area contributed by atoms with Crippen molar-refractivity contribution in [2.45, 2.75) is 26.1 Å². The van der Waals surface area contributed by atoms with Gasteiger partial charge in [0.25, 0.3) is 5.91 Å². The van der Waals surface area contributed by atoms with Gasteiger partial charge in [0, 0.05) is 42.4 Å². The number of halogens is 3. The number of amides is 3. The van der Waals surface area contributed by atoms with E-state index in [2.05, 4.69) is 20.6 Å². The minimum absolute atomic E-state index is 0.0345. The van der Waals surface area contributed by atoms with E-state index in [4.69, 9.17) is 0 Å². The number of anilines is 5. The predicted molar refractivity (Wildman–Crippen MR) is 153 cm³/mol. The summed E-state index contributed by atoms with van der Waals surface area (Å²) in [6.07, 6.45) is -2.42. The summed E-state index contributed by atoms with van der Waals surface area (Å²) in [6.45, 7) is 2.01. The number of aryl methyl sites for hydroxylation is 1. The van der Waals surface area contributed by atoms with Crippen LogP contribution in [0.25, 0.3) is 0 Å². The Morgan fingerprint density at radius 1 is 1.05 bits per heavy atom. The molecule has 2 heterocycles. The molecule has 216 valence electrons. The number of urea groups is 1. The summed E-state index contributed by atoms with van der Waals surface area (Å²) in [5, 5.41) is 15.0. The average Bonchev–Trinajstić information content (AvgIpc) is 2.96. The quantitative estimate of drug-likeness (QED) is 0.252. The molecule has 42 heavy (non-hydrogen) atoms. The lowest BCUT2D eigenvalue weighted by Gasteiger charge is -2.35. The third-order valence-electron chi connectivity index (χ3n) is 6.80. The van der Waals surface area contributed by atoms with Gasteiger partial charge in [0.15, 0.2) is 0 Å². The van der Waals surface area contributed by atoms with E-state index in [1.165, 1.54) is 21.9 Å². The van der Waals surface area contributed by atoms with Crippen LogP contribution < -0.4 is 20.4 Å². The van der Waals surface area contributed by atoms with Gasteiger partial charge in [0.2, 0.25) is 5.95 Å². The highest BCUT2D eigenvalue weighted by molar-refractivity contribution is 6.07. The van der Waals surface area contributed by atoms with Crippen LogP contribution in [0.5, 0.6) is 0 Å². The lowest BCUT2D eigenvalue weighted by Crippen LogP contribution is -2.46. The molecule has 3 amide bonds. The maximum Gasteiger partial charge on any atom is 0.416 e. The Bertz CT molecular complexity index is 1660. The molecule has 0 spiro atoms. The molecule has 0 radical (unpaired) electrons. The minimum Gasteiger partial charge on any atom is -0.396 e. The number of hydrogen-bond acceptors (Lipinski definition) is 6. The van der Waals surface area contributed by atoms with E-state index in [0.717, 1.165) is 28.9 Å². The molecule has 0 saturated carbocycles. The van der Waals surface area contributed by atoms with Crippen LogP contribution >= 0.6 is 0 Å². The van der Waals surface area contributed by atoms with Crippen molar-refractivity contribution >= 4 is 40.8 Å². The van der Waals surface area contributed by atoms with Gasteiger partial charge in [-0.15, -0.1) is 0 Å². The Kier molecular flexibility index (Phi) is 7.81. The first-order valence-electron chi connectivity index (χ1n) is 13.0. The first-order chi connectivity index (χ1) is 20.0. The summed E-state index contributed by atoms with van der Waals surface area (Å²) >= 11 is 0. The molecule has 3 aromatic carbocycles. The Morgan fingerprint density at radius 3 is 2.60 bits per heavy atom. The van der Waals surface area contributed by atoms with Gasteiger partial charge in [-0.3, -0.25) is 14.6 Å². The van der Waals surface area contributed by atoms with Crippen LogP contribution in [0.2, 0.25) is 0 Å². The molecule has 1 aromatic heterocycles. The molecule has 0 fully saturated rings. The van der Waals surface area contributed by atoms with Crippen LogP contribution in [-0.4, -0.2) is 40.7 Å².